The second-order valence-corrected chi connectivity index (χ2v) is 4.73. The Balaban J connectivity index is 2.17. The van der Waals surface area contributed by atoms with Crippen LogP contribution in [0.4, 0.5) is 0 Å². The van der Waals surface area contributed by atoms with Crippen molar-refractivity contribution in [1.29, 1.82) is 0 Å². The monoisotopic (exact) mass is 285 g/mol. The molecule has 2 aromatic carbocycles. The predicted octanol–water partition coefficient (Wildman–Crippen LogP) is 3.77. The van der Waals surface area contributed by atoms with Crippen molar-refractivity contribution in [3.63, 3.8) is 0 Å². The van der Waals surface area contributed by atoms with Gasteiger partial charge in [-0.25, -0.2) is 0 Å². The highest BCUT2D eigenvalue weighted by Crippen LogP contribution is 2.32. The summed E-state index contributed by atoms with van der Waals surface area (Å²) in [5, 5.41) is 3.34. The third-order valence-corrected chi connectivity index (χ3v) is 3.15. The van der Waals surface area contributed by atoms with Gasteiger partial charge in [-0.1, -0.05) is 49.4 Å². The van der Waals surface area contributed by atoms with Crippen molar-refractivity contribution in [2.24, 2.45) is 0 Å². The lowest BCUT2D eigenvalue weighted by Crippen LogP contribution is -2.13. The first-order chi connectivity index (χ1) is 10.3. The summed E-state index contributed by atoms with van der Waals surface area (Å²) in [4.78, 5) is 0. The molecule has 0 saturated carbocycles. The average Bonchev–Trinajstić information content (AvgIpc) is 2.53. The molecule has 0 spiro atoms. The Bertz CT molecular complexity index is 540. The molecule has 0 radical (unpaired) electrons. The molecule has 0 amide bonds. The quantitative estimate of drug-likeness (QED) is 0.801. The molecule has 2 aromatic rings. The van der Waals surface area contributed by atoms with Crippen LogP contribution >= 0.6 is 0 Å². The molecule has 3 heteroatoms. The topological polar surface area (TPSA) is 30.5 Å². The Morgan fingerprint density at radius 2 is 1.71 bits per heavy atom. The average molecular weight is 285 g/mol. The van der Waals surface area contributed by atoms with E-state index in [4.69, 9.17) is 9.47 Å². The van der Waals surface area contributed by atoms with Gasteiger partial charge in [-0.2, -0.15) is 0 Å². The van der Waals surface area contributed by atoms with Gasteiger partial charge in [0.15, 0.2) is 11.5 Å². The van der Waals surface area contributed by atoms with E-state index in [2.05, 4.69) is 30.4 Å². The van der Waals surface area contributed by atoms with Gasteiger partial charge in [-0.05, 0) is 25.1 Å². The number of hydrogen-bond acceptors (Lipinski definition) is 3. The van der Waals surface area contributed by atoms with E-state index in [0.29, 0.717) is 13.2 Å². The molecule has 1 N–H and O–H groups in total. The van der Waals surface area contributed by atoms with E-state index in [1.165, 1.54) is 0 Å². The van der Waals surface area contributed by atoms with Gasteiger partial charge < -0.3 is 14.8 Å². The molecule has 0 atom stereocenters. The standard InChI is InChI=1S/C18H23NO2/c1-3-19-13-16-11-8-12-17(20-4-2)18(16)21-14-15-9-6-5-7-10-15/h5-12,19H,3-4,13-14H2,1-2H3. The van der Waals surface area contributed by atoms with Gasteiger partial charge in [0.05, 0.1) is 6.61 Å². The summed E-state index contributed by atoms with van der Waals surface area (Å²) in [6, 6.07) is 16.2. The molecule has 0 aromatic heterocycles. The van der Waals surface area contributed by atoms with E-state index in [-0.39, 0.29) is 0 Å². The van der Waals surface area contributed by atoms with E-state index in [1.54, 1.807) is 0 Å². The van der Waals surface area contributed by atoms with Crippen LogP contribution in [0.2, 0.25) is 0 Å². The lowest BCUT2D eigenvalue weighted by molar-refractivity contribution is 0.266. The number of ether oxygens (including phenoxy) is 2. The highest BCUT2D eigenvalue weighted by molar-refractivity contribution is 5.46. The molecule has 0 unspecified atom stereocenters. The summed E-state index contributed by atoms with van der Waals surface area (Å²) in [7, 11) is 0. The van der Waals surface area contributed by atoms with E-state index in [9.17, 15) is 0 Å². The van der Waals surface area contributed by atoms with Crippen LogP contribution in [0.5, 0.6) is 11.5 Å². The van der Waals surface area contributed by atoms with E-state index in [0.717, 1.165) is 35.7 Å². The number of hydrogen-bond donors (Lipinski definition) is 1. The first-order valence-corrected chi connectivity index (χ1v) is 7.47. The Morgan fingerprint density at radius 1 is 0.905 bits per heavy atom. The molecule has 0 aliphatic rings. The van der Waals surface area contributed by atoms with E-state index < -0.39 is 0 Å². The van der Waals surface area contributed by atoms with Crippen molar-refractivity contribution in [1.82, 2.24) is 5.32 Å². The van der Waals surface area contributed by atoms with Crippen LogP contribution in [-0.2, 0) is 13.2 Å². The molecule has 0 heterocycles. The number of nitrogens with one attached hydrogen (secondary N) is 1. The van der Waals surface area contributed by atoms with Gasteiger partial charge in [0.25, 0.3) is 0 Å². The van der Waals surface area contributed by atoms with Crippen molar-refractivity contribution < 1.29 is 9.47 Å². The maximum atomic E-state index is 6.04. The number of rotatable bonds is 8. The van der Waals surface area contributed by atoms with Crippen LogP contribution in [-0.4, -0.2) is 13.2 Å². The molecule has 0 saturated heterocycles. The van der Waals surface area contributed by atoms with Crippen molar-refractivity contribution in [3.05, 3.63) is 59.7 Å². The zero-order valence-electron chi connectivity index (χ0n) is 12.8. The molecule has 0 aliphatic heterocycles. The Kier molecular flexibility index (Phi) is 6.10. The lowest BCUT2D eigenvalue weighted by Gasteiger charge is -2.16. The van der Waals surface area contributed by atoms with Crippen molar-refractivity contribution >= 4 is 0 Å². The zero-order chi connectivity index (χ0) is 14.9. The number of benzene rings is 2. The van der Waals surface area contributed by atoms with Crippen LogP contribution in [0.25, 0.3) is 0 Å². The largest absolute Gasteiger partial charge is 0.490 e. The fraction of sp³-hybridized carbons (Fsp3) is 0.333. The van der Waals surface area contributed by atoms with E-state index in [1.807, 2.05) is 37.3 Å². The summed E-state index contributed by atoms with van der Waals surface area (Å²) in [5.74, 6) is 1.65. The van der Waals surface area contributed by atoms with Crippen molar-refractivity contribution in [2.45, 2.75) is 27.0 Å². The second-order valence-electron chi connectivity index (χ2n) is 4.73. The summed E-state index contributed by atoms with van der Waals surface area (Å²) in [6.07, 6.45) is 0. The van der Waals surface area contributed by atoms with Gasteiger partial charge in [0, 0.05) is 12.1 Å². The van der Waals surface area contributed by atoms with Gasteiger partial charge in [-0.3, -0.25) is 0 Å². The highest BCUT2D eigenvalue weighted by Gasteiger charge is 2.11. The summed E-state index contributed by atoms with van der Waals surface area (Å²) >= 11 is 0. The minimum Gasteiger partial charge on any atom is -0.490 e. The maximum absolute atomic E-state index is 6.04. The fourth-order valence-electron chi connectivity index (χ4n) is 2.12. The molecular formula is C18H23NO2. The Morgan fingerprint density at radius 3 is 2.43 bits per heavy atom. The molecule has 0 bridgehead atoms. The van der Waals surface area contributed by atoms with Crippen molar-refractivity contribution in [3.8, 4) is 11.5 Å². The van der Waals surface area contributed by atoms with Gasteiger partial charge in [0.2, 0.25) is 0 Å². The lowest BCUT2D eigenvalue weighted by atomic mass is 10.1. The summed E-state index contributed by atoms with van der Waals surface area (Å²) < 4.78 is 11.7. The molecule has 0 fully saturated rings. The van der Waals surface area contributed by atoms with Gasteiger partial charge in [-0.15, -0.1) is 0 Å². The second kappa shape index (κ2) is 8.32. The van der Waals surface area contributed by atoms with Crippen LogP contribution < -0.4 is 14.8 Å². The predicted molar refractivity (Wildman–Crippen MR) is 85.8 cm³/mol. The first-order valence-electron chi connectivity index (χ1n) is 7.47. The summed E-state index contributed by atoms with van der Waals surface area (Å²) in [5.41, 5.74) is 2.27. The smallest absolute Gasteiger partial charge is 0.166 e. The van der Waals surface area contributed by atoms with Crippen LogP contribution in [0.1, 0.15) is 25.0 Å². The molecule has 2 rings (SSSR count). The van der Waals surface area contributed by atoms with E-state index >= 15 is 0 Å². The highest BCUT2D eigenvalue weighted by atomic mass is 16.5. The third-order valence-electron chi connectivity index (χ3n) is 3.15. The molecular weight excluding hydrogens is 262 g/mol. The summed E-state index contributed by atoms with van der Waals surface area (Å²) in [6.45, 7) is 6.96. The van der Waals surface area contributed by atoms with Gasteiger partial charge in [0.1, 0.15) is 6.61 Å². The Hall–Kier alpha value is -2.00. The van der Waals surface area contributed by atoms with Crippen LogP contribution in [0.15, 0.2) is 48.5 Å². The SMILES string of the molecule is CCNCc1cccc(OCC)c1OCc1ccccc1. The number of para-hydroxylation sites is 1. The fourth-order valence-corrected chi connectivity index (χ4v) is 2.12. The van der Waals surface area contributed by atoms with Crippen LogP contribution in [0.3, 0.4) is 0 Å². The normalized spacial score (nSPS) is 10.4. The van der Waals surface area contributed by atoms with Crippen LogP contribution in [0, 0.1) is 0 Å². The first kappa shape index (κ1) is 15.4. The zero-order valence-corrected chi connectivity index (χ0v) is 12.8. The molecule has 21 heavy (non-hydrogen) atoms. The van der Waals surface area contributed by atoms with Crippen molar-refractivity contribution in [2.75, 3.05) is 13.2 Å². The third kappa shape index (κ3) is 4.50. The minimum atomic E-state index is 0.546. The van der Waals surface area contributed by atoms with Gasteiger partial charge >= 0.3 is 0 Å². The maximum Gasteiger partial charge on any atom is 0.166 e. The molecule has 0 aliphatic carbocycles. The molecule has 112 valence electrons. The Labute approximate surface area is 126 Å². The molecule has 3 nitrogen and oxygen atoms in total. The minimum absolute atomic E-state index is 0.546.